The van der Waals surface area contributed by atoms with E-state index in [1.165, 1.54) is 5.56 Å². The van der Waals surface area contributed by atoms with E-state index in [-0.39, 0.29) is 18.0 Å². The second-order valence-corrected chi connectivity index (χ2v) is 5.56. The van der Waals surface area contributed by atoms with Crippen LogP contribution in [0.15, 0.2) is 53.3 Å². The Balaban J connectivity index is 1.73. The summed E-state index contributed by atoms with van der Waals surface area (Å²) in [4.78, 5) is 24.5. The van der Waals surface area contributed by atoms with Crippen molar-refractivity contribution in [2.45, 2.75) is 26.3 Å². The number of amides is 1. The number of carbonyl (C=O) groups is 1. The third-order valence-corrected chi connectivity index (χ3v) is 3.70. The van der Waals surface area contributed by atoms with Gasteiger partial charge >= 0.3 is 0 Å². The van der Waals surface area contributed by atoms with Crippen molar-refractivity contribution in [1.29, 1.82) is 0 Å². The van der Waals surface area contributed by atoms with Gasteiger partial charge in [-0.2, -0.15) is 0 Å². The lowest BCUT2D eigenvalue weighted by molar-refractivity contribution is -0.117. The molecular formula is C18H18N4O2. The highest BCUT2D eigenvalue weighted by molar-refractivity contribution is 5.90. The van der Waals surface area contributed by atoms with Crippen molar-refractivity contribution in [1.82, 2.24) is 15.0 Å². The summed E-state index contributed by atoms with van der Waals surface area (Å²) in [5, 5.41) is 11.0. The molecule has 0 spiro atoms. The maximum absolute atomic E-state index is 12.3. The van der Waals surface area contributed by atoms with Gasteiger partial charge in [0.15, 0.2) is 0 Å². The number of nitrogens with zero attached hydrogens (tertiary/aromatic N) is 3. The number of carbonyl (C=O) groups excluding carboxylic acids is 1. The molecule has 3 rings (SSSR count). The summed E-state index contributed by atoms with van der Waals surface area (Å²) in [5.41, 5.74) is 2.12. The number of nitrogens with one attached hydrogen (secondary N) is 1. The molecule has 1 aromatic heterocycles. The standard InChI is InChI=1S/C18H18N4O2/c1-2-5-13-8-10-14(11-9-13)19-17(23)12-22-18(24)15-6-3-4-7-16(15)20-21-22/h3-4,6-11H,2,5,12H2,1H3,(H,19,23). The summed E-state index contributed by atoms with van der Waals surface area (Å²) in [6.07, 6.45) is 2.09. The number of fused-ring (bicyclic) bond motifs is 1. The van der Waals surface area contributed by atoms with Crippen LogP contribution in [-0.2, 0) is 17.8 Å². The molecule has 3 aromatic rings. The number of benzene rings is 2. The lowest BCUT2D eigenvalue weighted by Gasteiger charge is -2.07. The Bertz CT molecular complexity index is 916. The lowest BCUT2D eigenvalue weighted by atomic mass is 10.1. The van der Waals surface area contributed by atoms with E-state index < -0.39 is 0 Å². The molecule has 1 heterocycles. The highest BCUT2D eigenvalue weighted by Gasteiger charge is 2.09. The van der Waals surface area contributed by atoms with Crippen molar-refractivity contribution in [2.75, 3.05) is 5.32 Å². The molecule has 0 atom stereocenters. The van der Waals surface area contributed by atoms with E-state index in [0.29, 0.717) is 16.6 Å². The molecule has 0 bridgehead atoms. The first-order valence-corrected chi connectivity index (χ1v) is 7.88. The van der Waals surface area contributed by atoms with Gasteiger partial charge in [0.25, 0.3) is 5.56 Å². The summed E-state index contributed by atoms with van der Waals surface area (Å²) < 4.78 is 1.07. The van der Waals surface area contributed by atoms with E-state index in [4.69, 9.17) is 0 Å². The molecule has 2 aromatic carbocycles. The molecule has 0 aliphatic carbocycles. The van der Waals surface area contributed by atoms with Crippen molar-refractivity contribution in [3.8, 4) is 0 Å². The highest BCUT2D eigenvalue weighted by Crippen LogP contribution is 2.11. The van der Waals surface area contributed by atoms with Crippen molar-refractivity contribution in [3.05, 3.63) is 64.4 Å². The zero-order valence-electron chi connectivity index (χ0n) is 13.4. The predicted octanol–water partition coefficient (Wildman–Crippen LogP) is 2.38. The van der Waals surface area contributed by atoms with Crippen molar-refractivity contribution < 1.29 is 4.79 Å². The van der Waals surface area contributed by atoms with Gasteiger partial charge in [0.05, 0.1) is 5.39 Å². The second kappa shape index (κ2) is 7.04. The predicted molar refractivity (Wildman–Crippen MR) is 92.9 cm³/mol. The van der Waals surface area contributed by atoms with Gasteiger partial charge in [-0.25, -0.2) is 4.68 Å². The first-order chi connectivity index (χ1) is 11.7. The third kappa shape index (κ3) is 3.48. The third-order valence-electron chi connectivity index (χ3n) is 3.70. The van der Waals surface area contributed by atoms with Gasteiger partial charge in [0, 0.05) is 5.69 Å². The number of aromatic nitrogens is 3. The SMILES string of the molecule is CCCc1ccc(NC(=O)Cn2nnc3ccccc3c2=O)cc1. The molecule has 6 nitrogen and oxygen atoms in total. The minimum Gasteiger partial charge on any atom is -0.324 e. The van der Waals surface area contributed by atoms with Gasteiger partial charge in [0.2, 0.25) is 5.91 Å². The molecule has 1 amide bonds. The van der Waals surface area contributed by atoms with E-state index in [9.17, 15) is 9.59 Å². The Morgan fingerprint density at radius 3 is 2.62 bits per heavy atom. The number of anilines is 1. The van der Waals surface area contributed by atoms with Crippen LogP contribution < -0.4 is 10.9 Å². The molecule has 122 valence electrons. The first-order valence-electron chi connectivity index (χ1n) is 7.88. The summed E-state index contributed by atoms with van der Waals surface area (Å²) in [6, 6.07) is 14.6. The molecule has 0 aliphatic heterocycles. The molecule has 0 saturated heterocycles. The molecule has 24 heavy (non-hydrogen) atoms. The highest BCUT2D eigenvalue weighted by atomic mass is 16.2. The Morgan fingerprint density at radius 2 is 1.88 bits per heavy atom. The van der Waals surface area contributed by atoms with Crippen LogP contribution in [0.25, 0.3) is 10.9 Å². The van der Waals surface area contributed by atoms with Crippen LogP contribution in [0.4, 0.5) is 5.69 Å². The van der Waals surface area contributed by atoms with Crippen LogP contribution in [0.1, 0.15) is 18.9 Å². The molecule has 0 radical (unpaired) electrons. The summed E-state index contributed by atoms with van der Waals surface area (Å²) in [6.45, 7) is 1.95. The average molecular weight is 322 g/mol. The van der Waals surface area contributed by atoms with Crippen LogP contribution in [0.5, 0.6) is 0 Å². The Labute approximate surface area is 139 Å². The summed E-state index contributed by atoms with van der Waals surface area (Å²) in [7, 11) is 0. The van der Waals surface area contributed by atoms with Crippen LogP contribution in [0.2, 0.25) is 0 Å². The van der Waals surface area contributed by atoms with Gasteiger partial charge in [0.1, 0.15) is 12.1 Å². The van der Waals surface area contributed by atoms with Crippen LogP contribution in [0.3, 0.4) is 0 Å². The molecule has 1 N–H and O–H groups in total. The number of aryl methyl sites for hydroxylation is 1. The van der Waals surface area contributed by atoms with Gasteiger partial charge in [-0.3, -0.25) is 9.59 Å². The Kier molecular flexibility index (Phi) is 4.65. The van der Waals surface area contributed by atoms with Gasteiger partial charge in [-0.05, 0) is 36.2 Å². The van der Waals surface area contributed by atoms with Crippen molar-refractivity contribution in [3.63, 3.8) is 0 Å². The molecule has 6 heteroatoms. The second-order valence-electron chi connectivity index (χ2n) is 5.56. The molecule has 0 unspecified atom stereocenters. The quantitative estimate of drug-likeness (QED) is 0.782. The fraction of sp³-hybridized carbons (Fsp3) is 0.222. The maximum Gasteiger partial charge on any atom is 0.278 e. The van der Waals surface area contributed by atoms with Gasteiger partial charge in [-0.15, -0.1) is 5.10 Å². The van der Waals surface area contributed by atoms with Crippen molar-refractivity contribution >= 4 is 22.5 Å². The maximum atomic E-state index is 12.3. The fourth-order valence-electron chi connectivity index (χ4n) is 2.51. The normalized spacial score (nSPS) is 10.7. The number of rotatable bonds is 5. The largest absolute Gasteiger partial charge is 0.324 e. The average Bonchev–Trinajstić information content (AvgIpc) is 2.60. The van der Waals surface area contributed by atoms with Crippen LogP contribution in [0, 0.1) is 0 Å². The minimum atomic E-state index is -0.325. The van der Waals surface area contributed by atoms with Crippen LogP contribution >= 0.6 is 0 Å². The summed E-state index contributed by atoms with van der Waals surface area (Å²) >= 11 is 0. The molecule has 0 fully saturated rings. The smallest absolute Gasteiger partial charge is 0.278 e. The number of hydrogen-bond donors (Lipinski definition) is 1. The lowest BCUT2D eigenvalue weighted by Crippen LogP contribution is -2.30. The first kappa shape index (κ1) is 15.9. The molecule has 0 aliphatic rings. The topological polar surface area (TPSA) is 76.9 Å². The Morgan fingerprint density at radius 1 is 1.12 bits per heavy atom. The zero-order chi connectivity index (χ0) is 16.9. The van der Waals surface area contributed by atoms with E-state index in [0.717, 1.165) is 17.5 Å². The van der Waals surface area contributed by atoms with Crippen molar-refractivity contribution in [2.24, 2.45) is 0 Å². The van der Waals surface area contributed by atoms with E-state index >= 15 is 0 Å². The zero-order valence-corrected chi connectivity index (χ0v) is 13.4. The van der Waals surface area contributed by atoms with Gasteiger partial charge < -0.3 is 5.32 Å². The Hall–Kier alpha value is -3.02. The fourth-order valence-corrected chi connectivity index (χ4v) is 2.51. The minimum absolute atomic E-state index is 0.173. The molecule has 0 saturated carbocycles. The van der Waals surface area contributed by atoms with E-state index in [2.05, 4.69) is 22.6 Å². The van der Waals surface area contributed by atoms with Crippen LogP contribution in [-0.4, -0.2) is 20.9 Å². The summed E-state index contributed by atoms with van der Waals surface area (Å²) in [5.74, 6) is -0.315. The monoisotopic (exact) mass is 322 g/mol. The van der Waals surface area contributed by atoms with Gasteiger partial charge in [-0.1, -0.05) is 42.8 Å². The molecular weight excluding hydrogens is 304 g/mol. The number of hydrogen-bond acceptors (Lipinski definition) is 4. The van der Waals surface area contributed by atoms with E-state index in [1.54, 1.807) is 24.3 Å². The van der Waals surface area contributed by atoms with E-state index in [1.807, 2.05) is 24.3 Å².